The van der Waals surface area contributed by atoms with E-state index in [1.54, 1.807) is 0 Å². The van der Waals surface area contributed by atoms with Crippen LogP contribution in [0.15, 0.2) is 24.3 Å². The molecule has 2 rings (SSSR count). The van der Waals surface area contributed by atoms with Crippen molar-refractivity contribution in [2.75, 3.05) is 13.2 Å². The summed E-state index contributed by atoms with van der Waals surface area (Å²) in [4.78, 5) is 12.0. The second-order valence-corrected chi connectivity index (χ2v) is 5.16. The van der Waals surface area contributed by atoms with Gasteiger partial charge in [-0.05, 0) is 31.1 Å². The Bertz CT molecular complexity index is 346. The van der Waals surface area contributed by atoms with Gasteiger partial charge in [-0.3, -0.25) is 4.79 Å². The number of hydrogen-bond acceptors (Lipinski definition) is 3. The van der Waals surface area contributed by atoms with Crippen LogP contribution in [0.1, 0.15) is 26.2 Å². The average molecular weight is 250 g/mol. The van der Waals surface area contributed by atoms with Gasteiger partial charge in [0.2, 0.25) is 0 Å². The van der Waals surface area contributed by atoms with E-state index in [9.17, 15) is 9.90 Å². The maximum atomic E-state index is 12.0. The first-order valence-electron chi connectivity index (χ1n) is 6.88. The molecule has 4 atom stereocenters. The summed E-state index contributed by atoms with van der Waals surface area (Å²) in [5.74, 6) is 0.470. The van der Waals surface area contributed by atoms with E-state index in [4.69, 9.17) is 4.74 Å². The van der Waals surface area contributed by atoms with Gasteiger partial charge in [0.05, 0.1) is 12.5 Å². The van der Waals surface area contributed by atoms with Crippen LogP contribution in [-0.4, -0.2) is 24.3 Å². The van der Waals surface area contributed by atoms with E-state index in [1.165, 1.54) is 0 Å². The Morgan fingerprint density at radius 2 is 2.17 bits per heavy atom. The quantitative estimate of drug-likeness (QED) is 0.447. The molecule has 4 unspecified atom stereocenters. The van der Waals surface area contributed by atoms with Gasteiger partial charge >= 0.3 is 5.97 Å². The molecule has 1 N–H and O–H groups in total. The number of carbonyl (C=O) groups excluding carboxylic acids is 1. The molecule has 2 bridgehead atoms. The Morgan fingerprint density at radius 3 is 2.89 bits per heavy atom. The van der Waals surface area contributed by atoms with Crippen LogP contribution >= 0.6 is 0 Å². The summed E-state index contributed by atoms with van der Waals surface area (Å²) in [6.07, 6.45) is 11.2. The summed E-state index contributed by atoms with van der Waals surface area (Å²) in [7, 11) is 0. The first-order chi connectivity index (χ1) is 8.77. The second kappa shape index (κ2) is 6.19. The van der Waals surface area contributed by atoms with Crippen LogP contribution in [0.3, 0.4) is 0 Å². The van der Waals surface area contributed by atoms with Gasteiger partial charge in [-0.15, -0.1) is 0 Å². The van der Waals surface area contributed by atoms with Crippen molar-refractivity contribution in [2.45, 2.75) is 26.2 Å². The molecule has 100 valence electrons. The third-order valence-electron chi connectivity index (χ3n) is 4.04. The Kier molecular flexibility index (Phi) is 4.59. The zero-order chi connectivity index (χ0) is 13.0. The van der Waals surface area contributed by atoms with Gasteiger partial charge < -0.3 is 9.84 Å². The molecule has 0 aliphatic heterocycles. The topological polar surface area (TPSA) is 46.5 Å². The molecule has 0 aromatic rings. The Morgan fingerprint density at radius 1 is 1.39 bits per heavy atom. The first-order valence-corrected chi connectivity index (χ1v) is 6.88. The standard InChI is InChI=1S/C15H22O3/c1-2-3-4-5-8-18-15(17)14-12-7-6-11(9-12)13(14)10-16/h3-4,6-7,11-14,16H,2,5,8-10H2,1H3/b4-3-. The maximum Gasteiger partial charge on any atom is 0.309 e. The predicted molar refractivity (Wildman–Crippen MR) is 69.8 cm³/mol. The van der Waals surface area contributed by atoms with E-state index in [2.05, 4.69) is 25.2 Å². The molecule has 0 spiro atoms. The molecule has 3 heteroatoms. The number of carbonyl (C=O) groups is 1. The van der Waals surface area contributed by atoms with Crippen LogP contribution in [0.5, 0.6) is 0 Å². The molecule has 2 aliphatic carbocycles. The van der Waals surface area contributed by atoms with E-state index in [0.29, 0.717) is 12.5 Å². The van der Waals surface area contributed by atoms with Gasteiger partial charge in [0.15, 0.2) is 0 Å². The highest BCUT2D eigenvalue weighted by Crippen LogP contribution is 2.48. The number of esters is 1. The molecule has 0 amide bonds. The smallest absolute Gasteiger partial charge is 0.309 e. The van der Waals surface area contributed by atoms with Crippen LogP contribution in [0.4, 0.5) is 0 Å². The summed E-state index contributed by atoms with van der Waals surface area (Å²) in [5.41, 5.74) is 0. The van der Waals surface area contributed by atoms with Crippen molar-refractivity contribution in [1.82, 2.24) is 0 Å². The highest BCUT2D eigenvalue weighted by Gasteiger charge is 2.48. The molecule has 0 heterocycles. The summed E-state index contributed by atoms with van der Waals surface area (Å²) in [6, 6.07) is 0. The number of rotatable bonds is 6. The van der Waals surface area contributed by atoms with E-state index >= 15 is 0 Å². The first kappa shape index (κ1) is 13.3. The molecule has 1 fully saturated rings. The van der Waals surface area contributed by atoms with Crippen molar-refractivity contribution >= 4 is 5.97 Å². The average Bonchev–Trinajstić information content (AvgIpc) is 2.98. The Balaban J connectivity index is 1.82. The van der Waals surface area contributed by atoms with Gasteiger partial charge in [0.25, 0.3) is 0 Å². The van der Waals surface area contributed by atoms with E-state index in [0.717, 1.165) is 19.3 Å². The lowest BCUT2D eigenvalue weighted by Crippen LogP contribution is -2.31. The monoisotopic (exact) mass is 250 g/mol. The van der Waals surface area contributed by atoms with E-state index in [-0.39, 0.29) is 30.3 Å². The minimum Gasteiger partial charge on any atom is -0.465 e. The van der Waals surface area contributed by atoms with Crippen LogP contribution < -0.4 is 0 Å². The lowest BCUT2D eigenvalue weighted by Gasteiger charge is -2.24. The van der Waals surface area contributed by atoms with Crippen molar-refractivity contribution in [2.24, 2.45) is 23.7 Å². The number of allylic oxidation sites excluding steroid dienone is 3. The van der Waals surface area contributed by atoms with Gasteiger partial charge in [0.1, 0.15) is 0 Å². The minimum atomic E-state index is -0.129. The Labute approximate surface area is 109 Å². The highest BCUT2D eigenvalue weighted by atomic mass is 16.5. The fraction of sp³-hybridized carbons (Fsp3) is 0.667. The second-order valence-electron chi connectivity index (χ2n) is 5.16. The molecule has 2 aliphatic rings. The van der Waals surface area contributed by atoms with Crippen LogP contribution in [0, 0.1) is 23.7 Å². The van der Waals surface area contributed by atoms with Gasteiger partial charge in [-0.25, -0.2) is 0 Å². The van der Waals surface area contributed by atoms with Gasteiger partial charge in [-0.1, -0.05) is 31.2 Å². The third-order valence-corrected chi connectivity index (χ3v) is 4.04. The predicted octanol–water partition coefficient (Wildman–Crippen LogP) is 2.32. The molecule has 3 nitrogen and oxygen atoms in total. The van der Waals surface area contributed by atoms with Crippen LogP contribution in [-0.2, 0) is 9.53 Å². The van der Waals surface area contributed by atoms with Crippen molar-refractivity contribution in [3.63, 3.8) is 0 Å². The SMILES string of the molecule is CC/C=C\CCOC(=O)C1C2C=CC(C2)C1CO. The molecule has 0 aromatic carbocycles. The van der Waals surface area contributed by atoms with Crippen molar-refractivity contribution < 1.29 is 14.6 Å². The molecular formula is C15H22O3. The Hall–Kier alpha value is -1.09. The maximum absolute atomic E-state index is 12.0. The van der Waals surface area contributed by atoms with E-state index < -0.39 is 0 Å². The number of hydrogen-bond donors (Lipinski definition) is 1. The number of fused-ring (bicyclic) bond motifs is 2. The zero-order valence-electron chi connectivity index (χ0n) is 10.9. The molecular weight excluding hydrogens is 228 g/mol. The summed E-state index contributed by atoms with van der Waals surface area (Å²) < 4.78 is 5.32. The summed E-state index contributed by atoms with van der Waals surface area (Å²) in [5, 5.41) is 9.40. The van der Waals surface area contributed by atoms with E-state index in [1.807, 2.05) is 6.08 Å². The van der Waals surface area contributed by atoms with Crippen molar-refractivity contribution in [3.8, 4) is 0 Å². The summed E-state index contributed by atoms with van der Waals surface area (Å²) >= 11 is 0. The third kappa shape index (κ3) is 2.66. The van der Waals surface area contributed by atoms with Crippen molar-refractivity contribution in [1.29, 1.82) is 0 Å². The van der Waals surface area contributed by atoms with Crippen molar-refractivity contribution in [3.05, 3.63) is 24.3 Å². The molecule has 0 aromatic heterocycles. The highest BCUT2D eigenvalue weighted by molar-refractivity contribution is 5.74. The molecule has 0 radical (unpaired) electrons. The molecule has 0 saturated heterocycles. The fourth-order valence-electron chi connectivity index (χ4n) is 3.13. The number of aliphatic hydroxyl groups excluding tert-OH is 1. The number of ether oxygens (including phenoxy) is 1. The minimum absolute atomic E-state index is 0.0682. The fourth-order valence-corrected chi connectivity index (χ4v) is 3.13. The molecule has 1 saturated carbocycles. The van der Waals surface area contributed by atoms with Crippen LogP contribution in [0.25, 0.3) is 0 Å². The van der Waals surface area contributed by atoms with Crippen LogP contribution in [0.2, 0.25) is 0 Å². The zero-order valence-corrected chi connectivity index (χ0v) is 10.9. The largest absolute Gasteiger partial charge is 0.465 e. The summed E-state index contributed by atoms with van der Waals surface area (Å²) in [6.45, 7) is 2.61. The van der Waals surface area contributed by atoms with Gasteiger partial charge in [-0.2, -0.15) is 0 Å². The lowest BCUT2D eigenvalue weighted by molar-refractivity contribution is -0.151. The lowest BCUT2D eigenvalue weighted by atomic mass is 9.83. The van der Waals surface area contributed by atoms with Gasteiger partial charge in [0, 0.05) is 12.5 Å². The normalized spacial score (nSPS) is 33.4. The number of aliphatic hydroxyl groups is 1. The molecule has 18 heavy (non-hydrogen) atoms.